The highest BCUT2D eigenvalue weighted by molar-refractivity contribution is 5.93. The number of likely N-dealkylation sites (tertiary alicyclic amines) is 1. The number of hydrogen-bond acceptors (Lipinski definition) is 9. The van der Waals surface area contributed by atoms with Crippen LogP contribution in [0, 0.1) is 16.7 Å². The molecule has 0 bridgehead atoms. The van der Waals surface area contributed by atoms with Gasteiger partial charge in [-0.15, -0.1) is 0 Å². The minimum absolute atomic E-state index is 0.0988. The van der Waals surface area contributed by atoms with Crippen molar-refractivity contribution >= 4 is 29.4 Å². The largest absolute Gasteiger partial charge is 0.506 e. The molecule has 0 aliphatic carbocycles. The van der Waals surface area contributed by atoms with Crippen LogP contribution in [-0.2, 0) is 25.7 Å². The lowest BCUT2D eigenvalue weighted by Crippen LogP contribution is -2.58. The van der Waals surface area contributed by atoms with Gasteiger partial charge < -0.3 is 40.6 Å². The Morgan fingerprint density at radius 2 is 1.54 bits per heavy atom. The molecule has 0 saturated carbocycles. The number of nitrogens with one attached hydrogen (secondary N) is 2. The van der Waals surface area contributed by atoms with Gasteiger partial charge in [-0.25, -0.2) is 0 Å². The number of allylic oxidation sites excluding steroid dienone is 1. The molecule has 1 fully saturated rings. The summed E-state index contributed by atoms with van der Waals surface area (Å²) in [4.78, 5) is 52.7. The number of carbonyl (C=O) groups excluding carboxylic acids is 4. The van der Waals surface area contributed by atoms with E-state index in [1.54, 1.807) is 72.8 Å². The molecule has 13 heteroatoms. The van der Waals surface area contributed by atoms with Crippen LogP contribution >= 0.6 is 0 Å². The summed E-state index contributed by atoms with van der Waals surface area (Å²) in [6, 6.07) is 20.6. The molecule has 52 heavy (non-hydrogen) atoms. The number of aliphatic hydroxyl groups is 1. The first kappa shape index (κ1) is 38.9. The molecular formula is C39H45N5O8. The molecule has 4 rings (SSSR count). The van der Waals surface area contributed by atoms with Crippen LogP contribution in [-0.4, -0.2) is 72.1 Å². The highest BCUT2D eigenvalue weighted by Gasteiger charge is 2.41. The van der Waals surface area contributed by atoms with E-state index in [4.69, 9.17) is 25.2 Å². The molecular weight excluding hydrogens is 666 g/mol. The third kappa shape index (κ3) is 10.8. The van der Waals surface area contributed by atoms with Gasteiger partial charge in [-0.3, -0.25) is 19.2 Å². The second kappa shape index (κ2) is 17.9. The van der Waals surface area contributed by atoms with Gasteiger partial charge in [0, 0.05) is 24.2 Å². The summed E-state index contributed by atoms with van der Waals surface area (Å²) < 4.78 is 17.0. The topological polar surface area (TPSA) is 193 Å². The molecule has 274 valence electrons. The molecule has 0 spiro atoms. The zero-order valence-electron chi connectivity index (χ0n) is 29.8. The second-order valence-corrected chi connectivity index (χ2v) is 13.4. The lowest BCUT2D eigenvalue weighted by atomic mass is 9.85. The molecule has 3 aromatic rings. The van der Waals surface area contributed by atoms with Gasteiger partial charge in [-0.1, -0.05) is 45.0 Å². The van der Waals surface area contributed by atoms with E-state index >= 15 is 0 Å². The first-order valence-electron chi connectivity index (χ1n) is 16.9. The summed E-state index contributed by atoms with van der Waals surface area (Å²) >= 11 is 0. The van der Waals surface area contributed by atoms with Crippen LogP contribution in [0.4, 0.5) is 0 Å². The van der Waals surface area contributed by atoms with E-state index in [2.05, 4.69) is 10.6 Å². The molecule has 2 atom stereocenters. The molecule has 1 aliphatic rings. The third-order valence-corrected chi connectivity index (χ3v) is 8.40. The Morgan fingerprint density at radius 1 is 0.942 bits per heavy atom. The Labute approximate surface area is 303 Å². The molecule has 13 nitrogen and oxygen atoms in total. The first-order valence-corrected chi connectivity index (χ1v) is 16.9. The van der Waals surface area contributed by atoms with Gasteiger partial charge in [-0.05, 0) is 79.3 Å². The van der Waals surface area contributed by atoms with Crippen molar-refractivity contribution in [3.8, 4) is 23.3 Å². The number of ether oxygens (including phenoxy) is 3. The maximum Gasteiger partial charge on any atom is 0.248 e. The van der Waals surface area contributed by atoms with Gasteiger partial charge in [0.15, 0.2) is 0 Å². The quantitative estimate of drug-likeness (QED) is 0.0989. The molecule has 1 aliphatic heterocycles. The van der Waals surface area contributed by atoms with Crippen LogP contribution in [0.3, 0.4) is 0 Å². The molecule has 1 heterocycles. The molecule has 0 aromatic heterocycles. The van der Waals surface area contributed by atoms with Gasteiger partial charge >= 0.3 is 0 Å². The third-order valence-electron chi connectivity index (χ3n) is 8.40. The van der Waals surface area contributed by atoms with Gasteiger partial charge in [0.1, 0.15) is 48.3 Å². The Balaban J connectivity index is 1.22. The average molecular weight is 712 g/mol. The summed E-state index contributed by atoms with van der Waals surface area (Å²) in [5.74, 6) is -0.0148. The Kier molecular flexibility index (Phi) is 13.4. The van der Waals surface area contributed by atoms with E-state index in [1.165, 1.54) is 11.8 Å². The predicted molar refractivity (Wildman–Crippen MR) is 193 cm³/mol. The number of carbonyl (C=O) groups is 4. The number of nitriles is 1. The van der Waals surface area contributed by atoms with Crippen LogP contribution in [0.15, 0.2) is 78.4 Å². The van der Waals surface area contributed by atoms with Gasteiger partial charge in [0.25, 0.3) is 0 Å². The predicted octanol–water partition coefficient (Wildman–Crippen LogP) is 4.62. The van der Waals surface area contributed by atoms with E-state index in [0.29, 0.717) is 47.8 Å². The lowest BCUT2D eigenvalue weighted by Gasteiger charge is -2.35. The molecule has 5 N–H and O–H groups in total. The molecule has 0 radical (unpaired) electrons. The first-order chi connectivity index (χ1) is 24.8. The van der Waals surface area contributed by atoms with E-state index in [0.717, 1.165) is 5.56 Å². The summed E-state index contributed by atoms with van der Waals surface area (Å²) in [6.07, 6.45) is 1.15. The zero-order valence-corrected chi connectivity index (χ0v) is 29.8. The van der Waals surface area contributed by atoms with Crippen molar-refractivity contribution in [1.82, 2.24) is 15.5 Å². The Morgan fingerprint density at radius 3 is 2.13 bits per heavy atom. The van der Waals surface area contributed by atoms with Crippen molar-refractivity contribution in [2.75, 3.05) is 26.4 Å². The SMILES string of the molecule is C/C(C#N)=C(/O)c1ccc(CNC(=O)[C@@H]2CCCN2C(=O)[C@@H](NC(=O)COCCOc2ccc(Oc3ccc(C(N)=O)cc3)cc2)C(C)(C)C)cc1. The highest BCUT2D eigenvalue weighted by atomic mass is 16.5. The van der Waals surface area contributed by atoms with Crippen LogP contribution in [0.2, 0.25) is 0 Å². The minimum Gasteiger partial charge on any atom is -0.506 e. The van der Waals surface area contributed by atoms with Crippen molar-refractivity contribution in [3.63, 3.8) is 0 Å². The fourth-order valence-corrected chi connectivity index (χ4v) is 5.49. The fraction of sp³-hybridized carbons (Fsp3) is 0.359. The van der Waals surface area contributed by atoms with E-state index in [-0.39, 0.29) is 49.5 Å². The Hall–Kier alpha value is -5.87. The van der Waals surface area contributed by atoms with E-state index < -0.39 is 29.3 Å². The molecule has 1 saturated heterocycles. The zero-order chi connectivity index (χ0) is 37.8. The van der Waals surface area contributed by atoms with Crippen molar-refractivity contribution in [1.29, 1.82) is 5.26 Å². The minimum atomic E-state index is -0.889. The maximum atomic E-state index is 13.8. The molecule has 3 aromatic carbocycles. The van der Waals surface area contributed by atoms with Crippen LogP contribution < -0.4 is 25.8 Å². The van der Waals surface area contributed by atoms with E-state index in [9.17, 15) is 24.3 Å². The van der Waals surface area contributed by atoms with Crippen molar-refractivity contribution in [2.45, 2.75) is 59.2 Å². The van der Waals surface area contributed by atoms with Gasteiger partial charge in [0.05, 0.1) is 18.2 Å². The number of nitrogens with two attached hydrogens (primary N) is 1. The Bertz CT molecular complexity index is 1790. The van der Waals surface area contributed by atoms with Crippen molar-refractivity contribution in [2.24, 2.45) is 11.1 Å². The number of amides is 4. The van der Waals surface area contributed by atoms with Crippen LogP contribution in [0.1, 0.15) is 62.0 Å². The van der Waals surface area contributed by atoms with Gasteiger partial charge in [0.2, 0.25) is 23.6 Å². The molecule has 4 amide bonds. The number of aliphatic hydroxyl groups excluding tert-OH is 1. The smallest absolute Gasteiger partial charge is 0.248 e. The fourth-order valence-electron chi connectivity index (χ4n) is 5.49. The van der Waals surface area contributed by atoms with Crippen LogP contribution in [0.25, 0.3) is 5.76 Å². The second-order valence-electron chi connectivity index (χ2n) is 13.4. The number of primary amides is 1. The summed E-state index contributed by atoms with van der Waals surface area (Å²) in [5.41, 5.74) is 6.50. The maximum absolute atomic E-state index is 13.8. The van der Waals surface area contributed by atoms with Crippen molar-refractivity contribution < 1.29 is 38.5 Å². The normalized spacial score (nSPS) is 15.1. The summed E-state index contributed by atoms with van der Waals surface area (Å²) in [7, 11) is 0. The number of benzene rings is 3. The van der Waals surface area contributed by atoms with Gasteiger partial charge in [-0.2, -0.15) is 5.26 Å². The van der Waals surface area contributed by atoms with Crippen molar-refractivity contribution in [3.05, 3.63) is 95.1 Å². The highest BCUT2D eigenvalue weighted by Crippen LogP contribution is 2.27. The monoisotopic (exact) mass is 711 g/mol. The lowest BCUT2D eigenvalue weighted by molar-refractivity contribution is -0.144. The summed E-state index contributed by atoms with van der Waals surface area (Å²) in [6.45, 7) is 7.70. The number of nitrogens with zero attached hydrogens (tertiary/aromatic N) is 2. The van der Waals surface area contributed by atoms with E-state index in [1.807, 2.05) is 26.8 Å². The number of rotatable bonds is 15. The number of hydrogen-bond donors (Lipinski definition) is 4. The van der Waals surface area contributed by atoms with Crippen LogP contribution in [0.5, 0.6) is 17.2 Å². The average Bonchev–Trinajstić information content (AvgIpc) is 3.63. The molecule has 0 unspecified atom stereocenters. The standard InChI is InChI=1S/C39H45N5O8/c1-25(22-40)34(46)27-9-7-26(8-10-27)23-42-37(48)32-6-5-19-44(32)38(49)35(39(2,3)4)43-33(45)24-50-20-21-51-29-15-17-31(18-16-29)52-30-13-11-28(12-14-30)36(41)47/h7-18,32,35,46H,5-6,19-21,23-24H2,1-4H3,(H2,41,47)(H,42,48)(H,43,45)/b34-25-/t32-,35+/m0/s1. The summed E-state index contributed by atoms with van der Waals surface area (Å²) in [5, 5.41) is 24.8.